The van der Waals surface area contributed by atoms with Crippen molar-refractivity contribution in [3.63, 3.8) is 0 Å². The van der Waals surface area contributed by atoms with E-state index < -0.39 is 23.5 Å². The van der Waals surface area contributed by atoms with Gasteiger partial charge in [0.15, 0.2) is 5.78 Å². The molecule has 0 fully saturated rings. The van der Waals surface area contributed by atoms with Crippen molar-refractivity contribution in [2.45, 2.75) is 4.90 Å². The predicted molar refractivity (Wildman–Crippen MR) is 62.0 cm³/mol. The fourth-order valence-electron chi connectivity index (χ4n) is 1.59. The number of Topliss-reactive ketones (excluding diaryl/α,β-unsaturated/α-hetero) is 1. The maximum absolute atomic E-state index is 13.3. The van der Waals surface area contributed by atoms with Crippen molar-refractivity contribution < 1.29 is 18.7 Å². The number of fused-ring (bicyclic) bond motifs is 1. The fraction of sp³-hybridized carbons (Fsp3) is 0.273. The average Bonchev–Trinajstić information content (AvgIpc) is 2.31. The Morgan fingerprint density at radius 2 is 2.29 bits per heavy atom. The third kappa shape index (κ3) is 2.17. The topological polar surface area (TPSA) is 43.4 Å². The Morgan fingerprint density at radius 3 is 2.94 bits per heavy atom. The summed E-state index contributed by atoms with van der Waals surface area (Å²) in [5, 5.41) is -0.0273. The van der Waals surface area contributed by atoms with Crippen LogP contribution in [0.2, 0.25) is 5.02 Å². The summed E-state index contributed by atoms with van der Waals surface area (Å²) in [6.45, 7) is 0. The molecule has 0 bridgehead atoms. The van der Waals surface area contributed by atoms with Crippen LogP contribution >= 0.6 is 23.4 Å². The Balaban J connectivity index is 2.42. The number of carbonyl (C=O) groups excluding carboxylic acids is 2. The van der Waals surface area contributed by atoms with E-state index in [9.17, 15) is 14.0 Å². The number of halogens is 2. The number of thioether (sulfide) groups is 1. The zero-order chi connectivity index (χ0) is 12.6. The quantitative estimate of drug-likeness (QED) is 0.583. The van der Waals surface area contributed by atoms with Gasteiger partial charge in [0.2, 0.25) is 0 Å². The summed E-state index contributed by atoms with van der Waals surface area (Å²) in [7, 11) is 1.22. The van der Waals surface area contributed by atoms with Crippen molar-refractivity contribution in [3.8, 4) is 0 Å². The molecule has 90 valence electrons. The van der Waals surface area contributed by atoms with Crippen LogP contribution in [0.5, 0.6) is 0 Å². The fourth-order valence-corrected chi connectivity index (χ4v) is 2.97. The molecule has 0 aromatic heterocycles. The molecule has 6 heteroatoms. The lowest BCUT2D eigenvalue weighted by Crippen LogP contribution is -2.30. The number of ketones is 1. The molecular formula is C11H8ClFO3S. The van der Waals surface area contributed by atoms with E-state index in [4.69, 9.17) is 11.6 Å². The summed E-state index contributed by atoms with van der Waals surface area (Å²) in [5.41, 5.74) is 0.193. The molecule has 0 spiro atoms. The molecule has 1 unspecified atom stereocenters. The van der Waals surface area contributed by atoms with Gasteiger partial charge in [-0.1, -0.05) is 11.6 Å². The minimum Gasteiger partial charge on any atom is -0.468 e. The molecular weight excluding hydrogens is 267 g/mol. The van der Waals surface area contributed by atoms with Crippen LogP contribution in [-0.2, 0) is 9.53 Å². The highest BCUT2D eigenvalue weighted by molar-refractivity contribution is 7.99. The zero-order valence-corrected chi connectivity index (χ0v) is 10.4. The number of rotatable bonds is 1. The van der Waals surface area contributed by atoms with Gasteiger partial charge in [-0.05, 0) is 12.1 Å². The Kier molecular flexibility index (Phi) is 3.40. The first-order chi connectivity index (χ1) is 8.04. The number of benzene rings is 1. The van der Waals surface area contributed by atoms with Crippen LogP contribution in [0.1, 0.15) is 10.4 Å². The van der Waals surface area contributed by atoms with Crippen LogP contribution in [0.4, 0.5) is 4.39 Å². The van der Waals surface area contributed by atoms with Crippen molar-refractivity contribution in [1.82, 2.24) is 0 Å². The van der Waals surface area contributed by atoms with Gasteiger partial charge in [0.05, 0.1) is 12.1 Å². The summed E-state index contributed by atoms with van der Waals surface area (Å²) in [6.07, 6.45) is 0. The summed E-state index contributed by atoms with van der Waals surface area (Å²) in [6, 6.07) is 2.48. The molecule has 17 heavy (non-hydrogen) atoms. The van der Waals surface area contributed by atoms with Gasteiger partial charge >= 0.3 is 5.97 Å². The molecule has 2 rings (SSSR count). The molecule has 3 nitrogen and oxygen atoms in total. The predicted octanol–water partition coefficient (Wildman–Crippen LogP) is 2.56. The Bertz CT molecular complexity index is 504. The maximum atomic E-state index is 13.3. The molecule has 1 heterocycles. The largest absolute Gasteiger partial charge is 0.468 e. The van der Waals surface area contributed by atoms with Gasteiger partial charge in [0.1, 0.15) is 11.7 Å². The van der Waals surface area contributed by atoms with Crippen LogP contribution in [0.3, 0.4) is 0 Å². The molecule has 0 saturated heterocycles. The highest BCUT2D eigenvalue weighted by Gasteiger charge is 2.34. The van der Waals surface area contributed by atoms with Crippen LogP contribution in [0.15, 0.2) is 17.0 Å². The monoisotopic (exact) mass is 274 g/mol. The average molecular weight is 275 g/mol. The normalized spacial score (nSPS) is 18.8. The number of methoxy groups -OCH3 is 1. The minimum absolute atomic E-state index is 0.0273. The van der Waals surface area contributed by atoms with Gasteiger partial charge in [0.25, 0.3) is 0 Å². The number of esters is 1. The summed E-state index contributed by atoms with van der Waals surface area (Å²) in [4.78, 5) is 23.9. The van der Waals surface area contributed by atoms with Crippen LogP contribution in [0.25, 0.3) is 0 Å². The lowest BCUT2D eigenvalue weighted by atomic mass is 9.98. The Hall–Kier alpha value is -1.07. The molecule has 1 aromatic carbocycles. The molecule has 0 radical (unpaired) electrons. The van der Waals surface area contributed by atoms with Gasteiger partial charge in [-0.2, -0.15) is 0 Å². The first kappa shape index (κ1) is 12.4. The van der Waals surface area contributed by atoms with Crippen molar-refractivity contribution in [1.29, 1.82) is 0 Å². The second-order valence-corrected chi connectivity index (χ2v) is 4.98. The number of hydrogen-bond donors (Lipinski definition) is 0. The highest BCUT2D eigenvalue weighted by Crippen LogP contribution is 2.36. The van der Waals surface area contributed by atoms with Gasteiger partial charge in [-0.25, -0.2) is 4.39 Å². The standard InChI is InChI=1S/C11H8ClFO3S/c1-16-11(15)6-4-17-9-3-7(12)8(13)2-5(9)10(6)14/h2-3,6H,4H2,1H3. The summed E-state index contributed by atoms with van der Waals surface area (Å²) >= 11 is 6.92. The van der Waals surface area contributed by atoms with Gasteiger partial charge in [-0.15, -0.1) is 11.8 Å². The molecule has 1 aliphatic heterocycles. The van der Waals surface area contributed by atoms with E-state index >= 15 is 0 Å². The molecule has 0 amide bonds. The molecule has 1 atom stereocenters. The van der Waals surface area contributed by atoms with Crippen molar-refractivity contribution in [2.75, 3.05) is 12.9 Å². The summed E-state index contributed by atoms with van der Waals surface area (Å²) < 4.78 is 17.8. The number of ether oxygens (including phenoxy) is 1. The van der Waals surface area contributed by atoms with Crippen molar-refractivity contribution in [2.24, 2.45) is 5.92 Å². The van der Waals surface area contributed by atoms with Crippen molar-refractivity contribution >= 4 is 35.1 Å². The SMILES string of the molecule is COC(=O)C1CSc2cc(Cl)c(F)cc2C1=O. The van der Waals surface area contributed by atoms with Crippen LogP contribution < -0.4 is 0 Å². The van der Waals surface area contributed by atoms with Crippen LogP contribution in [0, 0.1) is 11.7 Å². The van der Waals surface area contributed by atoms with E-state index in [0.717, 1.165) is 6.07 Å². The number of carbonyl (C=O) groups is 2. The second-order valence-electron chi connectivity index (χ2n) is 3.51. The summed E-state index contributed by atoms with van der Waals surface area (Å²) in [5.74, 6) is -2.24. The zero-order valence-electron chi connectivity index (χ0n) is 8.83. The Labute approximate surface area is 106 Å². The third-order valence-electron chi connectivity index (χ3n) is 2.50. The van der Waals surface area contributed by atoms with E-state index in [1.165, 1.54) is 24.9 Å². The van der Waals surface area contributed by atoms with E-state index in [1.54, 1.807) is 0 Å². The molecule has 0 N–H and O–H groups in total. The maximum Gasteiger partial charge on any atom is 0.317 e. The van der Waals surface area contributed by atoms with Crippen molar-refractivity contribution in [3.05, 3.63) is 28.5 Å². The number of hydrogen-bond acceptors (Lipinski definition) is 4. The molecule has 1 aromatic rings. The van der Waals surface area contributed by atoms with E-state index in [1.807, 2.05) is 0 Å². The highest BCUT2D eigenvalue weighted by atomic mass is 35.5. The van der Waals surface area contributed by atoms with Crippen LogP contribution in [-0.4, -0.2) is 24.6 Å². The van der Waals surface area contributed by atoms with E-state index in [0.29, 0.717) is 10.6 Å². The van der Waals surface area contributed by atoms with Gasteiger partial charge in [0, 0.05) is 16.2 Å². The first-order valence-electron chi connectivity index (χ1n) is 4.78. The lowest BCUT2D eigenvalue weighted by molar-refractivity contribution is -0.142. The van der Waals surface area contributed by atoms with E-state index in [2.05, 4.69) is 4.74 Å². The molecule has 1 aliphatic rings. The van der Waals surface area contributed by atoms with Gasteiger partial charge < -0.3 is 4.74 Å². The smallest absolute Gasteiger partial charge is 0.317 e. The Morgan fingerprint density at radius 1 is 1.59 bits per heavy atom. The molecule has 0 aliphatic carbocycles. The van der Waals surface area contributed by atoms with Gasteiger partial charge in [-0.3, -0.25) is 9.59 Å². The molecule has 0 saturated carbocycles. The lowest BCUT2D eigenvalue weighted by Gasteiger charge is -2.21. The first-order valence-corrected chi connectivity index (χ1v) is 6.15. The second kappa shape index (κ2) is 4.66. The van der Waals surface area contributed by atoms with E-state index in [-0.39, 0.29) is 10.6 Å². The minimum atomic E-state index is -0.863. The third-order valence-corrected chi connectivity index (χ3v) is 3.93.